The van der Waals surface area contributed by atoms with Crippen LogP contribution in [-0.2, 0) is 4.79 Å². The minimum Gasteiger partial charge on any atom is -0.441 e. The minimum atomic E-state index is -0.0168. The van der Waals surface area contributed by atoms with Gasteiger partial charge in [0, 0.05) is 19.0 Å². The minimum absolute atomic E-state index is 0.0168. The van der Waals surface area contributed by atoms with Crippen molar-refractivity contribution in [2.45, 2.75) is 26.7 Å². The molecule has 0 aliphatic heterocycles. The molecule has 0 bridgehead atoms. The lowest BCUT2D eigenvalue weighted by Crippen LogP contribution is -2.21. The first kappa shape index (κ1) is 13.5. The van der Waals surface area contributed by atoms with E-state index in [-0.39, 0.29) is 11.8 Å². The number of nitrogens with two attached hydrogens (primary N) is 1. The number of hydrogen-bond acceptors (Lipinski definition) is 4. The van der Waals surface area contributed by atoms with Crippen LogP contribution in [0.4, 0.5) is 5.69 Å². The first-order valence-corrected chi connectivity index (χ1v) is 6.49. The third-order valence-corrected chi connectivity index (χ3v) is 3.16. The Kier molecular flexibility index (Phi) is 4.16. The molecule has 0 saturated heterocycles. The number of oxazole rings is 1. The van der Waals surface area contributed by atoms with Crippen molar-refractivity contribution in [1.82, 2.24) is 4.98 Å². The Labute approximate surface area is 112 Å². The van der Waals surface area contributed by atoms with Crippen molar-refractivity contribution < 1.29 is 9.21 Å². The molecule has 5 nitrogen and oxygen atoms in total. The Morgan fingerprint density at radius 3 is 3.00 bits per heavy atom. The number of benzene rings is 1. The maximum Gasteiger partial charge on any atom is 0.224 e. The van der Waals surface area contributed by atoms with E-state index in [0.717, 1.165) is 23.2 Å². The van der Waals surface area contributed by atoms with Gasteiger partial charge in [0.05, 0.1) is 0 Å². The van der Waals surface area contributed by atoms with Gasteiger partial charge in [0.1, 0.15) is 5.52 Å². The predicted molar refractivity (Wildman–Crippen MR) is 74.8 cm³/mol. The molecule has 1 aromatic carbocycles. The van der Waals surface area contributed by atoms with Crippen molar-refractivity contribution in [3.8, 4) is 0 Å². The summed E-state index contributed by atoms with van der Waals surface area (Å²) in [5.74, 6) is 0.836. The van der Waals surface area contributed by atoms with E-state index >= 15 is 0 Å². The van der Waals surface area contributed by atoms with Gasteiger partial charge in [-0.25, -0.2) is 4.98 Å². The van der Waals surface area contributed by atoms with Crippen LogP contribution in [0.15, 0.2) is 22.6 Å². The van der Waals surface area contributed by atoms with Gasteiger partial charge in [-0.15, -0.1) is 0 Å². The molecule has 0 saturated carbocycles. The molecule has 5 heteroatoms. The third-order valence-electron chi connectivity index (χ3n) is 3.16. The fraction of sp³-hybridized carbons (Fsp3) is 0.429. The quantitative estimate of drug-likeness (QED) is 0.866. The van der Waals surface area contributed by atoms with Gasteiger partial charge in [-0.1, -0.05) is 13.3 Å². The maximum atomic E-state index is 11.9. The molecule has 3 N–H and O–H groups in total. The monoisotopic (exact) mass is 261 g/mol. The zero-order valence-electron chi connectivity index (χ0n) is 11.3. The SMILES string of the molecule is CCC(CN)CC(=O)Nc1ccc2oc(C)nc2c1. The largest absolute Gasteiger partial charge is 0.441 e. The molecule has 1 heterocycles. The maximum absolute atomic E-state index is 11.9. The first-order valence-electron chi connectivity index (χ1n) is 6.49. The Morgan fingerprint density at radius 1 is 1.53 bits per heavy atom. The summed E-state index contributed by atoms with van der Waals surface area (Å²) in [7, 11) is 0. The summed E-state index contributed by atoms with van der Waals surface area (Å²) < 4.78 is 5.39. The third kappa shape index (κ3) is 3.32. The molecule has 0 aliphatic carbocycles. The number of hydrogen-bond donors (Lipinski definition) is 2. The van der Waals surface area contributed by atoms with Crippen LogP contribution in [0.2, 0.25) is 0 Å². The van der Waals surface area contributed by atoms with Crippen molar-refractivity contribution >= 4 is 22.7 Å². The van der Waals surface area contributed by atoms with Gasteiger partial charge >= 0.3 is 0 Å². The van der Waals surface area contributed by atoms with Gasteiger partial charge in [-0.2, -0.15) is 0 Å². The molecule has 0 radical (unpaired) electrons. The van der Waals surface area contributed by atoms with Crippen LogP contribution in [0.25, 0.3) is 11.1 Å². The fourth-order valence-corrected chi connectivity index (χ4v) is 1.99. The van der Waals surface area contributed by atoms with Crippen molar-refractivity contribution in [1.29, 1.82) is 0 Å². The second-order valence-corrected chi connectivity index (χ2v) is 4.68. The Balaban J connectivity index is 2.06. The molecule has 2 rings (SSSR count). The standard InChI is InChI=1S/C14H19N3O2/c1-3-10(8-15)6-14(18)17-11-4-5-13-12(7-11)16-9(2)19-13/h4-5,7,10H,3,6,8,15H2,1-2H3,(H,17,18). The number of amides is 1. The number of carbonyl (C=O) groups is 1. The van der Waals surface area contributed by atoms with E-state index in [0.29, 0.717) is 18.9 Å². The zero-order chi connectivity index (χ0) is 13.8. The summed E-state index contributed by atoms with van der Waals surface area (Å²) in [5.41, 5.74) is 7.81. The number of aryl methyl sites for hydroxylation is 1. The highest BCUT2D eigenvalue weighted by Gasteiger charge is 2.11. The summed E-state index contributed by atoms with van der Waals surface area (Å²) in [5, 5.41) is 2.87. The number of nitrogens with zero attached hydrogens (tertiary/aromatic N) is 1. The highest BCUT2D eigenvalue weighted by atomic mass is 16.3. The summed E-state index contributed by atoms with van der Waals surface area (Å²) in [6.45, 7) is 4.37. The van der Waals surface area contributed by atoms with Gasteiger partial charge < -0.3 is 15.5 Å². The Hall–Kier alpha value is -1.88. The fourth-order valence-electron chi connectivity index (χ4n) is 1.99. The lowest BCUT2D eigenvalue weighted by Gasteiger charge is -2.11. The summed E-state index contributed by atoms with van der Waals surface area (Å²) >= 11 is 0. The molecule has 1 aromatic heterocycles. The first-order chi connectivity index (χ1) is 9.12. The zero-order valence-corrected chi connectivity index (χ0v) is 11.3. The van der Waals surface area contributed by atoms with E-state index in [1.165, 1.54) is 0 Å². The smallest absolute Gasteiger partial charge is 0.224 e. The van der Waals surface area contributed by atoms with Gasteiger partial charge in [0.25, 0.3) is 0 Å². The van der Waals surface area contributed by atoms with Crippen LogP contribution in [0.3, 0.4) is 0 Å². The molecule has 102 valence electrons. The van der Waals surface area contributed by atoms with Crippen LogP contribution >= 0.6 is 0 Å². The van der Waals surface area contributed by atoms with Crippen LogP contribution < -0.4 is 11.1 Å². The molecule has 0 spiro atoms. The van der Waals surface area contributed by atoms with Crippen LogP contribution in [0, 0.1) is 12.8 Å². The van der Waals surface area contributed by atoms with E-state index < -0.39 is 0 Å². The molecule has 0 fully saturated rings. The number of fused-ring (bicyclic) bond motifs is 1. The number of aromatic nitrogens is 1. The number of rotatable bonds is 5. The molecular weight excluding hydrogens is 242 g/mol. The van der Waals surface area contributed by atoms with Crippen molar-refractivity contribution in [2.24, 2.45) is 11.7 Å². The normalized spacial score (nSPS) is 12.6. The topological polar surface area (TPSA) is 81.2 Å². The predicted octanol–water partition coefficient (Wildman–Crippen LogP) is 2.45. The highest BCUT2D eigenvalue weighted by Crippen LogP contribution is 2.20. The lowest BCUT2D eigenvalue weighted by molar-refractivity contribution is -0.117. The molecule has 1 atom stereocenters. The second-order valence-electron chi connectivity index (χ2n) is 4.68. The van der Waals surface area contributed by atoms with Crippen LogP contribution in [0.5, 0.6) is 0 Å². The van der Waals surface area contributed by atoms with Gasteiger partial charge in [0.15, 0.2) is 11.5 Å². The summed E-state index contributed by atoms with van der Waals surface area (Å²) in [6, 6.07) is 5.44. The molecular formula is C14H19N3O2. The van der Waals surface area contributed by atoms with Crippen molar-refractivity contribution in [3.05, 3.63) is 24.1 Å². The number of carbonyl (C=O) groups excluding carboxylic acids is 1. The molecule has 1 unspecified atom stereocenters. The average molecular weight is 261 g/mol. The van der Waals surface area contributed by atoms with E-state index in [1.54, 1.807) is 6.92 Å². The second kappa shape index (κ2) is 5.84. The van der Waals surface area contributed by atoms with E-state index in [2.05, 4.69) is 10.3 Å². The van der Waals surface area contributed by atoms with Crippen molar-refractivity contribution in [3.63, 3.8) is 0 Å². The van der Waals surface area contributed by atoms with E-state index in [4.69, 9.17) is 10.2 Å². The summed E-state index contributed by atoms with van der Waals surface area (Å²) in [4.78, 5) is 16.1. The Bertz CT molecular complexity index is 573. The van der Waals surface area contributed by atoms with E-state index in [1.807, 2.05) is 25.1 Å². The number of nitrogens with one attached hydrogen (secondary N) is 1. The van der Waals surface area contributed by atoms with E-state index in [9.17, 15) is 4.79 Å². The van der Waals surface area contributed by atoms with Gasteiger partial charge in [-0.3, -0.25) is 4.79 Å². The summed E-state index contributed by atoms with van der Waals surface area (Å²) in [6.07, 6.45) is 1.36. The Morgan fingerprint density at radius 2 is 2.32 bits per heavy atom. The van der Waals surface area contributed by atoms with Gasteiger partial charge in [0.2, 0.25) is 5.91 Å². The molecule has 1 amide bonds. The highest BCUT2D eigenvalue weighted by molar-refractivity contribution is 5.92. The number of anilines is 1. The van der Waals surface area contributed by atoms with Gasteiger partial charge in [-0.05, 0) is 30.7 Å². The molecule has 19 heavy (non-hydrogen) atoms. The molecule has 0 aliphatic rings. The molecule has 2 aromatic rings. The lowest BCUT2D eigenvalue weighted by atomic mass is 10.0. The average Bonchev–Trinajstić information content (AvgIpc) is 2.75. The van der Waals surface area contributed by atoms with Crippen LogP contribution in [-0.4, -0.2) is 17.4 Å². The van der Waals surface area contributed by atoms with Crippen LogP contribution in [0.1, 0.15) is 25.7 Å². The van der Waals surface area contributed by atoms with Crippen molar-refractivity contribution in [2.75, 3.05) is 11.9 Å².